The number of rotatable bonds is 11. The van der Waals surface area contributed by atoms with Crippen molar-refractivity contribution in [2.24, 2.45) is 0 Å². The lowest BCUT2D eigenvalue weighted by molar-refractivity contribution is -0.121. The molecule has 0 saturated carbocycles. The second kappa shape index (κ2) is 11.4. The summed E-state index contributed by atoms with van der Waals surface area (Å²) in [4.78, 5) is 12.7. The minimum Gasteiger partial charge on any atom is -0.760 e. The molecule has 1 aromatic rings. The van der Waals surface area contributed by atoms with Crippen LogP contribution in [0.1, 0.15) is 50.2 Å². The van der Waals surface area contributed by atoms with Crippen molar-refractivity contribution >= 4 is 34.4 Å². The van der Waals surface area contributed by atoms with E-state index in [1.807, 2.05) is 19.1 Å². The molecule has 0 bridgehead atoms. The first-order valence-electron chi connectivity index (χ1n) is 8.78. The van der Waals surface area contributed by atoms with E-state index in [1.165, 1.54) is 0 Å². The lowest BCUT2D eigenvalue weighted by atomic mass is 9.86. The summed E-state index contributed by atoms with van der Waals surface area (Å²) in [6, 6.07) is 7.29. The van der Waals surface area contributed by atoms with Crippen LogP contribution < -0.4 is 15.4 Å². The largest absolute Gasteiger partial charge is 0.760 e. The summed E-state index contributed by atoms with van der Waals surface area (Å²) < 4.78 is 25.4. The van der Waals surface area contributed by atoms with Crippen molar-refractivity contribution in [3.8, 4) is 0 Å². The second-order valence-corrected chi connectivity index (χ2v) is 7.36. The Morgan fingerprint density at radius 3 is 2.42 bits per heavy atom. The van der Waals surface area contributed by atoms with E-state index in [9.17, 15) is 13.6 Å². The smallest absolute Gasteiger partial charge is 0.222 e. The van der Waals surface area contributed by atoms with Crippen LogP contribution in [-0.4, -0.2) is 33.2 Å². The molecule has 0 spiro atoms. The summed E-state index contributed by atoms with van der Waals surface area (Å²) in [7, 11) is 1.61. The molecule has 2 unspecified atom stereocenters. The normalized spacial score (nSPS) is 14.3. The first kappa shape index (κ1) is 22.7. The standard InChI is InChI=1S/C18H29N3O3S2/c1-4-5-6-7-12-20-16(22)13-18(17(25)19-3,21-26(23)24)15-10-8-14(2)9-11-15/h8-11,21H,4-7,12-13H2,1-3H3,(H,19,25)(H,20,22)(H,23,24)/p-1. The molecule has 1 aromatic carbocycles. The van der Waals surface area contributed by atoms with Crippen LogP contribution in [0.25, 0.3) is 0 Å². The average molecular weight is 399 g/mol. The molecular weight excluding hydrogens is 370 g/mol. The molecule has 0 fully saturated rings. The van der Waals surface area contributed by atoms with Crippen LogP contribution >= 0.6 is 12.2 Å². The van der Waals surface area contributed by atoms with Crippen LogP contribution in [-0.2, 0) is 21.6 Å². The van der Waals surface area contributed by atoms with Crippen LogP contribution in [0.15, 0.2) is 24.3 Å². The number of nitrogens with one attached hydrogen (secondary N) is 3. The SMILES string of the molecule is CCCCCCNC(=O)CC(NS(=O)[O-])(C(=S)NC)c1ccc(C)cc1. The Morgan fingerprint density at radius 1 is 1.23 bits per heavy atom. The van der Waals surface area contributed by atoms with E-state index < -0.39 is 16.8 Å². The maximum absolute atomic E-state index is 12.5. The minimum atomic E-state index is -2.60. The third-order valence-electron chi connectivity index (χ3n) is 4.19. The summed E-state index contributed by atoms with van der Waals surface area (Å²) in [6.07, 6.45) is 4.09. The van der Waals surface area contributed by atoms with Crippen molar-refractivity contribution in [1.29, 1.82) is 0 Å². The van der Waals surface area contributed by atoms with Crippen molar-refractivity contribution in [3.05, 3.63) is 35.4 Å². The molecule has 2 atom stereocenters. The van der Waals surface area contributed by atoms with Gasteiger partial charge in [-0.1, -0.05) is 68.2 Å². The monoisotopic (exact) mass is 398 g/mol. The zero-order chi connectivity index (χ0) is 19.6. The molecule has 0 aromatic heterocycles. The molecule has 0 saturated heterocycles. The average Bonchev–Trinajstić information content (AvgIpc) is 2.60. The van der Waals surface area contributed by atoms with Gasteiger partial charge in [0.15, 0.2) is 0 Å². The number of aryl methyl sites for hydroxylation is 1. The van der Waals surface area contributed by atoms with E-state index in [1.54, 1.807) is 19.2 Å². The molecule has 0 heterocycles. The van der Waals surface area contributed by atoms with Gasteiger partial charge in [-0.15, -0.1) is 0 Å². The number of carbonyl (C=O) groups is 1. The fourth-order valence-corrected chi connectivity index (χ4v) is 3.61. The van der Waals surface area contributed by atoms with E-state index in [-0.39, 0.29) is 17.3 Å². The Bertz CT molecular complexity index is 623. The Labute approximate surface area is 163 Å². The van der Waals surface area contributed by atoms with Gasteiger partial charge < -0.3 is 15.2 Å². The number of amides is 1. The van der Waals surface area contributed by atoms with E-state index in [0.29, 0.717) is 12.1 Å². The summed E-state index contributed by atoms with van der Waals surface area (Å²) >= 11 is 2.79. The summed E-state index contributed by atoms with van der Waals surface area (Å²) in [5.74, 6) is -0.252. The second-order valence-electron chi connectivity index (χ2n) is 6.27. The van der Waals surface area contributed by atoms with Gasteiger partial charge in [0.05, 0.1) is 6.42 Å². The molecule has 0 aliphatic rings. The molecule has 8 heteroatoms. The van der Waals surface area contributed by atoms with Gasteiger partial charge in [-0.3, -0.25) is 9.00 Å². The third kappa shape index (κ3) is 6.75. The third-order valence-corrected chi connectivity index (χ3v) is 5.26. The Morgan fingerprint density at radius 2 is 1.88 bits per heavy atom. The molecule has 0 aliphatic heterocycles. The van der Waals surface area contributed by atoms with Gasteiger partial charge in [0.2, 0.25) is 5.91 Å². The van der Waals surface area contributed by atoms with Gasteiger partial charge >= 0.3 is 0 Å². The van der Waals surface area contributed by atoms with Crippen LogP contribution in [0.3, 0.4) is 0 Å². The van der Waals surface area contributed by atoms with Crippen LogP contribution in [0, 0.1) is 6.92 Å². The highest BCUT2D eigenvalue weighted by molar-refractivity contribution is 7.80. The van der Waals surface area contributed by atoms with Gasteiger partial charge in [-0.05, 0) is 18.9 Å². The summed E-state index contributed by atoms with van der Waals surface area (Å²) in [5.41, 5.74) is 0.326. The zero-order valence-corrected chi connectivity index (χ0v) is 17.2. The van der Waals surface area contributed by atoms with Crippen LogP contribution in [0.4, 0.5) is 0 Å². The molecule has 1 amide bonds. The van der Waals surface area contributed by atoms with Crippen LogP contribution in [0.5, 0.6) is 0 Å². The lowest BCUT2D eigenvalue weighted by Crippen LogP contribution is -2.55. The van der Waals surface area contributed by atoms with E-state index >= 15 is 0 Å². The predicted molar refractivity (Wildman–Crippen MR) is 108 cm³/mol. The number of hydrogen-bond acceptors (Lipinski definition) is 4. The Balaban J connectivity index is 3.02. The molecule has 0 aliphatic carbocycles. The topological polar surface area (TPSA) is 93.3 Å². The molecular formula is C18H28N3O3S2-. The summed E-state index contributed by atoms with van der Waals surface area (Å²) in [6.45, 7) is 4.63. The van der Waals surface area contributed by atoms with Crippen molar-refractivity contribution in [1.82, 2.24) is 15.4 Å². The molecule has 146 valence electrons. The van der Waals surface area contributed by atoms with Gasteiger partial charge in [-0.25, -0.2) is 4.72 Å². The molecule has 3 N–H and O–H groups in total. The van der Waals surface area contributed by atoms with Crippen molar-refractivity contribution < 1.29 is 13.6 Å². The fourth-order valence-electron chi connectivity index (χ4n) is 2.73. The first-order chi connectivity index (χ1) is 12.4. The van der Waals surface area contributed by atoms with Gasteiger partial charge in [0, 0.05) is 24.9 Å². The Kier molecular flexibility index (Phi) is 9.93. The summed E-state index contributed by atoms with van der Waals surface area (Å²) in [5, 5.41) is 5.69. The number of hydrogen-bond donors (Lipinski definition) is 3. The van der Waals surface area contributed by atoms with Crippen molar-refractivity contribution in [3.63, 3.8) is 0 Å². The maximum Gasteiger partial charge on any atom is 0.222 e. The predicted octanol–water partition coefficient (Wildman–Crippen LogP) is 2.21. The number of benzene rings is 1. The fraction of sp³-hybridized carbons (Fsp3) is 0.556. The molecule has 1 rings (SSSR count). The number of carbonyl (C=O) groups excluding carboxylic acids is 1. The van der Waals surface area contributed by atoms with Gasteiger partial charge in [0.25, 0.3) is 0 Å². The molecule has 26 heavy (non-hydrogen) atoms. The first-order valence-corrected chi connectivity index (χ1v) is 10.3. The highest BCUT2D eigenvalue weighted by atomic mass is 32.2. The van der Waals surface area contributed by atoms with E-state index in [0.717, 1.165) is 31.2 Å². The number of likely N-dealkylation sites (N-methyl/N-ethyl adjacent to an activating group) is 1. The highest BCUT2D eigenvalue weighted by Crippen LogP contribution is 2.27. The maximum atomic E-state index is 12.5. The quantitative estimate of drug-likeness (QED) is 0.302. The Hall–Kier alpha value is -1.35. The van der Waals surface area contributed by atoms with Crippen molar-refractivity contribution in [2.45, 2.75) is 51.5 Å². The number of unbranched alkanes of at least 4 members (excludes halogenated alkanes) is 3. The highest BCUT2D eigenvalue weighted by Gasteiger charge is 2.39. The lowest BCUT2D eigenvalue weighted by Gasteiger charge is -2.36. The van der Waals surface area contributed by atoms with E-state index in [4.69, 9.17) is 12.2 Å². The zero-order valence-electron chi connectivity index (χ0n) is 15.6. The van der Waals surface area contributed by atoms with Crippen molar-refractivity contribution in [2.75, 3.05) is 13.6 Å². The number of thiocarbonyl (C=S) groups is 1. The van der Waals surface area contributed by atoms with Gasteiger partial charge in [0.1, 0.15) is 10.5 Å². The minimum absolute atomic E-state index is 0.114. The molecule has 6 nitrogen and oxygen atoms in total. The van der Waals surface area contributed by atoms with E-state index in [2.05, 4.69) is 22.3 Å². The van der Waals surface area contributed by atoms with Crippen LogP contribution in [0.2, 0.25) is 0 Å². The van der Waals surface area contributed by atoms with Gasteiger partial charge in [-0.2, -0.15) is 0 Å². The molecule has 0 radical (unpaired) electrons.